The third-order valence-corrected chi connectivity index (χ3v) is 2.72. The lowest BCUT2D eigenvalue weighted by molar-refractivity contribution is 0.0559. The molecule has 0 radical (unpaired) electrons. The Bertz CT molecular complexity index is 136. The molecular weight excluding hydrogens is 162 g/mol. The summed E-state index contributed by atoms with van der Waals surface area (Å²) in [7, 11) is 4.33. The smallest absolute Gasteiger partial charge is 0.0746 e. The minimum Gasteiger partial charge on any atom is -0.313 e. The van der Waals surface area contributed by atoms with Crippen LogP contribution in [0.2, 0.25) is 0 Å². The molecule has 1 heterocycles. The first kappa shape index (κ1) is 11.0. The highest BCUT2D eigenvalue weighted by Gasteiger charge is 2.22. The summed E-state index contributed by atoms with van der Waals surface area (Å²) < 4.78 is 0. The second kappa shape index (κ2) is 5.58. The van der Waals surface area contributed by atoms with Crippen LogP contribution in [0.3, 0.4) is 0 Å². The highest BCUT2D eigenvalue weighted by molar-refractivity contribution is 4.77. The number of nitrogens with one attached hydrogen (secondary N) is 1. The third kappa shape index (κ3) is 3.25. The van der Waals surface area contributed by atoms with Gasteiger partial charge in [0, 0.05) is 19.6 Å². The maximum atomic E-state index is 3.44. The van der Waals surface area contributed by atoms with Gasteiger partial charge in [-0.15, -0.1) is 0 Å². The quantitative estimate of drug-likeness (QED) is 0.691. The molecule has 0 amide bonds. The van der Waals surface area contributed by atoms with Gasteiger partial charge in [0.05, 0.1) is 6.17 Å². The van der Waals surface area contributed by atoms with Crippen LogP contribution < -0.4 is 5.32 Å². The molecule has 1 rings (SSSR count). The van der Waals surface area contributed by atoms with E-state index in [1.54, 1.807) is 0 Å². The summed E-state index contributed by atoms with van der Waals surface area (Å²) in [4.78, 5) is 4.89. The van der Waals surface area contributed by atoms with Gasteiger partial charge in [-0.05, 0) is 27.1 Å². The van der Waals surface area contributed by atoms with Gasteiger partial charge < -0.3 is 5.32 Å². The molecule has 1 N–H and O–H groups in total. The van der Waals surface area contributed by atoms with E-state index >= 15 is 0 Å². The van der Waals surface area contributed by atoms with E-state index in [-0.39, 0.29) is 0 Å². The van der Waals surface area contributed by atoms with Gasteiger partial charge in [0.2, 0.25) is 0 Å². The Kier molecular flexibility index (Phi) is 4.70. The van der Waals surface area contributed by atoms with Crippen LogP contribution in [0.4, 0.5) is 0 Å². The topological polar surface area (TPSA) is 18.5 Å². The van der Waals surface area contributed by atoms with Crippen LogP contribution in [-0.2, 0) is 0 Å². The molecule has 3 nitrogen and oxygen atoms in total. The summed E-state index contributed by atoms with van der Waals surface area (Å²) in [5.74, 6) is 0. The molecule has 3 heteroatoms. The molecule has 1 fully saturated rings. The average Bonchev–Trinajstić information content (AvgIpc) is 2.15. The van der Waals surface area contributed by atoms with Crippen molar-refractivity contribution in [2.24, 2.45) is 0 Å². The zero-order valence-electron chi connectivity index (χ0n) is 9.21. The minimum atomic E-state index is 0.597. The minimum absolute atomic E-state index is 0.597. The zero-order chi connectivity index (χ0) is 9.68. The van der Waals surface area contributed by atoms with Crippen molar-refractivity contribution in [2.45, 2.75) is 25.9 Å². The number of piperazine rings is 1. The lowest BCUT2D eigenvalue weighted by Gasteiger charge is -2.39. The zero-order valence-corrected chi connectivity index (χ0v) is 9.21. The second-order valence-electron chi connectivity index (χ2n) is 4.04. The first-order valence-electron chi connectivity index (χ1n) is 5.37. The standard InChI is InChI=1S/C10H23N3/c1-4-5-7-13-8-6-11-9-10(13)12(2)3/h10-11H,4-9H2,1-3H3. The highest BCUT2D eigenvalue weighted by atomic mass is 15.4. The summed E-state index contributed by atoms with van der Waals surface area (Å²) in [5.41, 5.74) is 0. The van der Waals surface area contributed by atoms with Crippen LogP contribution in [0.15, 0.2) is 0 Å². The van der Waals surface area contributed by atoms with Crippen molar-refractivity contribution in [1.82, 2.24) is 15.1 Å². The van der Waals surface area contributed by atoms with Crippen molar-refractivity contribution >= 4 is 0 Å². The van der Waals surface area contributed by atoms with E-state index in [9.17, 15) is 0 Å². The molecule has 0 bridgehead atoms. The van der Waals surface area contributed by atoms with Gasteiger partial charge in [0.15, 0.2) is 0 Å². The molecule has 1 aliphatic heterocycles. The van der Waals surface area contributed by atoms with Gasteiger partial charge in [0.1, 0.15) is 0 Å². The molecule has 1 aliphatic rings. The molecule has 78 valence electrons. The Morgan fingerprint density at radius 2 is 2.23 bits per heavy atom. The predicted octanol–water partition coefficient (Wildman–Crippen LogP) is 0.579. The fourth-order valence-corrected chi connectivity index (χ4v) is 1.86. The van der Waals surface area contributed by atoms with Crippen LogP contribution in [0.25, 0.3) is 0 Å². The summed E-state index contributed by atoms with van der Waals surface area (Å²) in [6, 6.07) is 0. The molecule has 1 saturated heterocycles. The van der Waals surface area contributed by atoms with Gasteiger partial charge in [-0.3, -0.25) is 9.80 Å². The Morgan fingerprint density at radius 1 is 1.46 bits per heavy atom. The van der Waals surface area contributed by atoms with Crippen molar-refractivity contribution in [3.63, 3.8) is 0 Å². The molecule has 13 heavy (non-hydrogen) atoms. The first-order valence-corrected chi connectivity index (χ1v) is 5.37. The SMILES string of the molecule is CCCCN1CCNCC1N(C)C. The maximum Gasteiger partial charge on any atom is 0.0746 e. The van der Waals surface area contributed by atoms with Gasteiger partial charge in [-0.25, -0.2) is 0 Å². The molecule has 0 aromatic carbocycles. The molecule has 0 aromatic heterocycles. The normalized spacial score (nSPS) is 25.4. The predicted molar refractivity (Wildman–Crippen MR) is 56.8 cm³/mol. The van der Waals surface area contributed by atoms with E-state index in [4.69, 9.17) is 0 Å². The van der Waals surface area contributed by atoms with Crippen molar-refractivity contribution < 1.29 is 0 Å². The summed E-state index contributed by atoms with van der Waals surface area (Å²) in [5, 5.41) is 3.44. The van der Waals surface area contributed by atoms with E-state index < -0.39 is 0 Å². The summed E-state index contributed by atoms with van der Waals surface area (Å²) in [6.07, 6.45) is 3.22. The van der Waals surface area contributed by atoms with E-state index in [0.717, 1.165) is 13.1 Å². The molecule has 0 aromatic rings. The third-order valence-electron chi connectivity index (χ3n) is 2.72. The summed E-state index contributed by atoms with van der Waals surface area (Å²) >= 11 is 0. The van der Waals surface area contributed by atoms with Crippen LogP contribution in [0.1, 0.15) is 19.8 Å². The van der Waals surface area contributed by atoms with Crippen LogP contribution in [0, 0.1) is 0 Å². The van der Waals surface area contributed by atoms with Gasteiger partial charge in [-0.2, -0.15) is 0 Å². The molecule has 0 aliphatic carbocycles. The first-order chi connectivity index (χ1) is 6.25. The van der Waals surface area contributed by atoms with Crippen molar-refractivity contribution in [2.75, 3.05) is 40.3 Å². The van der Waals surface area contributed by atoms with Crippen LogP contribution >= 0.6 is 0 Å². The molecule has 1 unspecified atom stereocenters. The van der Waals surface area contributed by atoms with E-state index in [1.165, 1.54) is 25.9 Å². The van der Waals surface area contributed by atoms with Crippen molar-refractivity contribution in [3.8, 4) is 0 Å². The van der Waals surface area contributed by atoms with Crippen LogP contribution in [0.5, 0.6) is 0 Å². The monoisotopic (exact) mass is 185 g/mol. The second-order valence-corrected chi connectivity index (χ2v) is 4.04. The number of rotatable bonds is 4. The molecule has 0 spiro atoms. The van der Waals surface area contributed by atoms with Gasteiger partial charge in [-0.1, -0.05) is 13.3 Å². The summed E-state index contributed by atoms with van der Waals surface area (Å²) in [6.45, 7) is 6.96. The Balaban J connectivity index is 2.37. The van der Waals surface area contributed by atoms with E-state index in [2.05, 4.69) is 36.1 Å². The van der Waals surface area contributed by atoms with Gasteiger partial charge in [0.25, 0.3) is 0 Å². The average molecular weight is 185 g/mol. The Labute approximate surface area is 82.1 Å². The van der Waals surface area contributed by atoms with E-state index in [1.807, 2.05) is 0 Å². The molecular formula is C10H23N3. The Morgan fingerprint density at radius 3 is 2.85 bits per heavy atom. The number of likely N-dealkylation sites (N-methyl/N-ethyl adjacent to an activating group) is 1. The van der Waals surface area contributed by atoms with Crippen molar-refractivity contribution in [1.29, 1.82) is 0 Å². The number of hydrogen-bond donors (Lipinski definition) is 1. The van der Waals surface area contributed by atoms with Crippen molar-refractivity contribution in [3.05, 3.63) is 0 Å². The molecule has 1 atom stereocenters. The van der Waals surface area contributed by atoms with Crippen LogP contribution in [-0.4, -0.2) is 56.2 Å². The lowest BCUT2D eigenvalue weighted by Crippen LogP contribution is -2.57. The maximum absolute atomic E-state index is 3.44. The fraction of sp³-hybridized carbons (Fsp3) is 1.00. The highest BCUT2D eigenvalue weighted by Crippen LogP contribution is 2.06. The van der Waals surface area contributed by atoms with Gasteiger partial charge >= 0.3 is 0 Å². The fourth-order valence-electron chi connectivity index (χ4n) is 1.86. The largest absolute Gasteiger partial charge is 0.313 e. The van der Waals surface area contributed by atoms with E-state index in [0.29, 0.717) is 6.17 Å². The lowest BCUT2D eigenvalue weighted by atomic mass is 10.2. The number of hydrogen-bond acceptors (Lipinski definition) is 3. The number of unbranched alkanes of at least 4 members (excludes halogenated alkanes) is 1. The Hall–Kier alpha value is -0.120. The number of nitrogens with zero attached hydrogens (tertiary/aromatic N) is 2. The molecule has 0 saturated carbocycles.